The van der Waals surface area contributed by atoms with E-state index in [1.54, 1.807) is 24.3 Å². The van der Waals surface area contributed by atoms with Crippen LogP contribution < -0.4 is 5.73 Å². The first-order valence-corrected chi connectivity index (χ1v) is 8.87. The Balaban J connectivity index is 2.00. The van der Waals surface area contributed by atoms with E-state index in [1.165, 1.54) is 12.8 Å². The van der Waals surface area contributed by atoms with Crippen molar-refractivity contribution >= 4 is 21.4 Å². The number of hydrogen-bond donors (Lipinski definition) is 1. The smallest absolute Gasteiger partial charge is 0.156 e. The Morgan fingerprint density at radius 2 is 1.89 bits per heavy atom. The minimum absolute atomic E-state index is 0.0207. The van der Waals surface area contributed by atoms with Gasteiger partial charge >= 0.3 is 0 Å². The van der Waals surface area contributed by atoms with Crippen molar-refractivity contribution in [1.82, 2.24) is 0 Å². The summed E-state index contributed by atoms with van der Waals surface area (Å²) in [5.74, 6) is 0.400. The number of nitrogens with two attached hydrogens (primary N) is 1. The molecule has 1 aromatic rings. The highest BCUT2D eigenvalue weighted by molar-refractivity contribution is 7.90. The lowest BCUT2D eigenvalue weighted by atomic mass is 10.0. The Bertz CT molecular complexity index is 524. The SMILES string of the molecule is NC(CS(=O)(=O)Cc1ccccc1Cl)C1CCCC1. The van der Waals surface area contributed by atoms with Gasteiger partial charge in [-0.3, -0.25) is 0 Å². The van der Waals surface area contributed by atoms with E-state index in [2.05, 4.69) is 0 Å². The third kappa shape index (κ3) is 4.20. The fraction of sp³-hybridized carbons (Fsp3) is 0.571. The van der Waals surface area contributed by atoms with Crippen molar-refractivity contribution in [3.05, 3.63) is 34.9 Å². The molecule has 2 rings (SSSR count). The zero-order valence-corrected chi connectivity index (χ0v) is 12.5. The van der Waals surface area contributed by atoms with Crippen molar-refractivity contribution in [1.29, 1.82) is 0 Å². The molecule has 1 unspecified atom stereocenters. The summed E-state index contributed by atoms with van der Waals surface area (Å²) in [5, 5.41) is 0.500. The number of halogens is 1. The molecule has 1 saturated carbocycles. The molecule has 106 valence electrons. The van der Waals surface area contributed by atoms with Crippen molar-refractivity contribution in [3.63, 3.8) is 0 Å². The molecule has 0 heterocycles. The lowest BCUT2D eigenvalue weighted by Crippen LogP contribution is -2.36. The van der Waals surface area contributed by atoms with Crippen LogP contribution in [0, 0.1) is 5.92 Å². The largest absolute Gasteiger partial charge is 0.327 e. The molecular weight excluding hydrogens is 282 g/mol. The van der Waals surface area contributed by atoms with Gasteiger partial charge in [0.2, 0.25) is 0 Å². The van der Waals surface area contributed by atoms with Crippen molar-refractivity contribution in [2.45, 2.75) is 37.5 Å². The molecule has 0 bridgehead atoms. The zero-order valence-electron chi connectivity index (χ0n) is 10.9. The highest BCUT2D eigenvalue weighted by Gasteiger charge is 2.26. The van der Waals surface area contributed by atoms with Gasteiger partial charge in [-0.05, 0) is 30.4 Å². The van der Waals surface area contributed by atoms with E-state index < -0.39 is 9.84 Å². The van der Waals surface area contributed by atoms with E-state index in [1.807, 2.05) is 0 Å². The molecule has 1 aliphatic carbocycles. The van der Waals surface area contributed by atoms with Gasteiger partial charge in [-0.15, -0.1) is 0 Å². The van der Waals surface area contributed by atoms with Crippen LogP contribution in [-0.2, 0) is 15.6 Å². The summed E-state index contributed by atoms with van der Waals surface area (Å²) < 4.78 is 24.4. The maximum absolute atomic E-state index is 12.2. The summed E-state index contributed by atoms with van der Waals surface area (Å²) in [5.41, 5.74) is 6.70. The number of rotatable bonds is 5. The number of benzene rings is 1. The van der Waals surface area contributed by atoms with Gasteiger partial charge in [-0.1, -0.05) is 42.6 Å². The molecule has 1 aromatic carbocycles. The molecule has 2 N–H and O–H groups in total. The van der Waals surface area contributed by atoms with E-state index in [0.717, 1.165) is 12.8 Å². The number of sulfone groups is 1. The molecule has 0 spiro atoms. The normalized spacial score (nSPS) is 18.6. The third-order valence-corrected chi connectivity index (χ3v) is 5.80. The van der Waals surface area contributed by atoms with Crippen LogP contribution in [-0.4, -0.2) is 20.2 Å². The minimum atomic E-state index is -3.20. The first kappa shape index (κ1) is 14.8. The van der Waals surface area contributed by atoms with Gasteiger partial charge in [0, 0.05) is 11.1 Å². The van der Waals surface area contributed by atoms with Crippen molar-refractivity contribution in [2.24, 2.45) is 11.7 Å². The van der Waals surface area contributed by atoms with Gasteiger partial charge in [0.15, 0.2) is 9.84 Å². The Kier molecular flexibility index (Phi) is 4.87. The summed E-state index contributed by atoms with van der Waals surface area (Å²) in [6.07, 6.45) is 4.46. The standard InChI is InChI=1S/C14H20ClNO2S/c15-13-8-4-3-7-12(13)9-19(17,18)10-14(16)11-5-1-2-6-11/h3-4,7-8,11,14H,1-2,5-6,9-10,16H2. The predicted octanol–water partition coefficient (Wildman–Crippen LogP) is 2.77. The third-order valence-electron chi connectivity index (χ3n) is 3.78. The second-order valence-corrected chi connectivity index (χ2v) is 7.87. The maximum Gasteiger partial charge on any atom is 0.156 e. The molecule has 0 aliphatic heterocycles. The molecule has 1 fully saturated rings. The first-order chi connectivity index (χ1) is 8.98. The Hall–Kier alpha value is -0.580. The van der Waals surface area contributed by atoms with Crippen LogP contribution >= 0.6 is 11.6 Å². The van der Waals surface area contributed by atoms with E-state index in [0.29, 0.717) is 16.5 Å². The Morgan fingerprint density at radius 1 is 1.26 bits per heavy atom. The average Bonchev–Trinajstić information content (AvgIpc) is 2.85. The molecule has 19 heavy (non-hydrogen) atoms. The van der Waals surface area contributed by atoms with E-state index in [9.17, 15) is 8.42 Å². The Morgan fingerprint density at radius 3 is 2.53 bits per heavy atom. The summed E-state index contributed by atoms with van der Waals surface area (Å²) in [6.45, 7) is 0. The topological polar surface area (TPSA) is 60.2 Å². The van der Waals surface area contributed by atoms with Crippen LogP contribution in [0.15, 0.2) is 24.3 Å². The summed E-state index contributed by atoms with van der Waals surface area (Å²) in [4.78, 5) is 0. The maximum atomic E-state index is 12.2. The fourth-order valence-electron chi connectivity index (χ4n) is 2.73. The van der Waals surface area contributed by atoms with E-state index >= 15 is 0 Å². The van der Waals surface area contributed by atoms with Gasteiger partial charge in [-0.25, -0.2) is 8.42 Å². The molecule has 0 radical (unpaired) electrons. The molecule has 0 saturated heterocycles. The van der Waals surface area contributed by atoms with Crippen molar-refractivity contribution in [2.75, 3.05) is 5.75 Å². The minimum Gasteiger partial charge on any atom is -0.327 e. The summed E-state index contributed by atoms with van der Waals surface area (Å²) >= 11 is 6.00. The van der Waals surface area contributed by atoms with Crippen molar-refractivity contribution in [3.8, 4) is 0 Å². The molecular formula is C14H20ClNO2S. The quantitative estimate of drug-likeness (QED) is 0.909. The molecule has 0 aromatic heterocycles. The van der Waals surface area contributed by atoms with Crippen molar-refractivity contribution < 1.29 is 8.42 Å². The lowest BCUT2D eigenvalue weighted by molar-refractivity contribution is 0.454. The van der Waals surface area contributed by atoms with Crippen LogP contribution in [0.1, 0.15) is 31.2 Å². The van der Waals surface area contributed by atoms with Gasteiger partial charge in [0.1, 0.15) is 0 Å². The predicted molar refractivity (Wildman–Crippen MR) is 78.9 cm³/mol. The van der Waals surface area contributed by atoms with Gasteiger partial charge in [0.05, 0.1) is 11.5 Å². The number of hydrogen-bond acceptors (Lipinski definition) is 3. The second kappa shape index (κ2) is 6.25. The second-order valence-electron chi connectivity index (χ2n) is 5.35. The average molecular weight is 302 g/mol. The summed E-state index contributed by atoms with van der Waals surface area (Å²) in [7, 11) is -3.20. The molecule has 1 atom stereocenters. The highest BCUT2D eigenvalue weighted by Crippen LogP contribution is 2.28. The monoisotopic (exact) mass is 301 g/mol. The van der Waals surface area contributed by atoms with Crippen LogP contribution in [0.4, 0.5) is 0 Å². The zero-order chi connectivity index (χ0) is 13.9. The molecule has 1 aliphatic rings. The fourth-order valence-corrected chi connectivity index (χ4v) is 4.71. The first-order valence-electron chi connectivity index (χ1n) is 6.67. The summed E-state index contributed by atoms with van der Waals surface area (Å²) in [6, 6.07) is 6.82. The van der Waals surface area contributed by atoms with Gasteiger partial charge in [-0.2, -0.15) is 0 Å². The van der Waals surface area contributed by atoms with E-state index in [-0.39, 0.29) is 17.5 Å². The highest BCUT2D eigenvalue weighted by atomic mass is 35.5. The van der Waals surface area contributed by atoms with Gasteiger partial charge < -0.3 is 5.73 Å². The molecule has 3 nitrogen and oxygen atoms in total. The molecule has 0 amide bonds. The Labute approximate surface area is 120 Å². The van der Waals surface area contributed by atoms with Crippen LogP contribution in [0.25, 0.3) is 0 Å². The van der Waals surface area contributed by atoms with Crippen LogP contribution in [0.3, 0.4) is 0 Å². The van der Waals surface area contributed by atoms with Crippen LogP contribution in [0.2, 0.25) is 5.02 Å². The molecule has 5 heteroatoms. The lowest BCUT2D eigenvalue weighted by Gasteiger charge is -2.18. The van der Waals surface area contributed by atoms with Gasteiger partial charge in [0.25, 0.3) is 0 Å². The van der Waals surface area contributed by atoms with Crippen LogP contribution in [0.5, 0.6) is 0 Å². The van der Waals surface area contributed by atoms with E-state index in [4.69, 9.17) is 17.3 Å².